The number of aryl methyl sites for hydroxylation is 1. The number of halogens is 1. The second-order valence-electron chi connectivity index (χ2n) is 5.43. The molecule has 7 heteroatoms. The molecule has 0 spiro atoms. The van der Waals surface area contributed by atoms with E-state index in [1.807, 2.05) is 30.3 Å². The van der Waals surface area contributed by atoms with E-state index in [2.05, 4.69) is 21.5 Å². The highest BCUT2D eigenvalue weighted by molar-refractivity contribution is 6.32. The SMILES string of the molecule is N#Cc1c(CCCNc2ncccc2Cl)nn(-c2ccccc2)c1N. The fourth-order valence-corrected chi connectivity index (χ4v) is 2.71. The lowest BCUT2D eigenvalue weighted by atomic mass is 10.1. The van der Waals surface area contributed by atoms with Crippen molar-refractivity contribution in [2.75, 3.05) is 17.6 Å². The third-order valence-electron chi connectivity index (χ3n) is 3.75. The van der Waals surface area contributed by atoms with Crippen molar-refractivity contribution in [2.45, 2.75) is 12.8 Å². The van der Waals surface area contributed by atoms with Gasteiger partial charge < -0.3 is 11.1 Å². The van der Waals surface area contributed by atoms with Crippen LogP contribution in [-0.4, -0.2) is 21.3 Å². The van der Waals surface area contributed by atoms with Gasteiger partial charge >= 0.3 is 0 Å². The first kappa shape index (κ1) is 16.8. The molecule has 3 rings (SSSR count). The smallest absolute Gasteiger partial charge is 0.145 e. The number of hydrogen-bond donors (Lipinski definition) is 2. The maximum atomic E-state index is 9.40. The van der Waals surface area contributed by atoms with Crippen molar-refractivity contribution in [3.8, 4) is 11.8 Å². The van der Waals surface area contributed by atoms with E-state index in [1.54, 1.807) is 23.0 Å². The minimum atomic E-state index is 0.365. The molecule has 0 radical (unpaired) electrons. The summed E-state index contributed by atoms with van der Waals surface area (Å²) < 4.78 is 1.61. The first-order valence-corrected chi connectivity index (χ1v) is 8.25. The number of para-hydroxylation sites is 1. The molecule has 0 aliphatic carbocycles. The lowest BCUT2D eigenvalue weighted by molar-refractivity contribution is 0.789. The van der Waals surface area contributed by atoms with E-state index < -0.39 is 0 Å². The summed E-state index contributed by atoms with van der Waals surface area (Å²) in [4.78, 5) is 4.18. The molecule has 2 aromatic heterocycles. The van der Waals surface area contributed by atoms with E-state index in [0.29, 0.717) is 40.9 Å². The van der Waals surface area contributed by atoms with Crippen LogP contribution in [0.1, 0.15) is 17.7 Å². The molecule has 0 saturated heterocycles. The number of rotatable bonds is 6. The zero-order valence-electron chi connectivity index (χ0n) is 13.5. The number of nitrogens with one attached hydrogen (secondary N) is 1. The number of anilines is 2. The highest BCUT2D eigenvalue weighted by Crippen LogP contribution is 2.22. The average Bonchev–Trinajstić information content (AvgIpc) is 2.96. The van der Waals surface area contributed by atoms with Gasteiger partial charge in [0.2, 0.25) is 0 Å². The molecule has 0 fully saturated rings. The number of hydrogen-bond acceptors (Lipinski definition) is 5. The predicted molar refractivity (Wildman–Crippen MR) is 98.7 cm³/mol. The number of nitriles is 1. The highest BCUT2D eigenvalue weighted by atomic mass is 35.5. The Bertz CT molecular complexity index is 898. The van der Waals surface area contributed by atoms with E-state index in [9.17, 15) is 5.26 Å². The molecule has 6 nitrogen and oxygen atoms in total. The normalized spacial score (nSPS) is 10.4. The van der Waals surface area contributed by atoms with Gasteiger partial charge in [0, 0.05) is 12.7 Å². The largest absolute Gasteiger partial charge is 0.382 e. The van der Waals surface area contributed by atoms with Crippen molar-refractivity contribution < 1.29 is 0 Å². The summed E-state index contributed by atoms with van der Waals surface area (Å²) >= 11 is 6.06. The first-order chi connectivity index (χ1) is 12.2. The lowest BCUT2D eigenvalue weighted by Crippen LogP contribution is -2.06. The van der Waals surface area contributed by atoms with Crippen LogP contribution < -0.4 is 11.1 Å². The fourth-order valence-electron chi connectivity index (χ4n) is 2.52. The van der Waals surface area contributed by atoms with Gasteiger partial charge in [-0.1, -0.05) is 29.8 Å². The van der Waals surface area contributed by atoms with Crippen molar-refractivity contribution in [2.24, 2.45) is 0 Å². The Hall–Kier alpha value is -3.04. The quantitative estimate of drug-likeness (QED) is 0.663. The summed E-state index contributed by atoms with van der Waals surface area (Å²) in [5.74, 6) is 1.02. The Labute approximate surface area is 150 Å². The van der Waals surface area contributed by atoms with Gasteiger partial charge in [0.1, 0.15) is 23.3 Å². The van der Waals surface area contributed by atoms with Crippen LogP contribution in [0.4, 0.5) is 11.6 Å². The summed E-state index contributed by atoms with van der Waals surface area (Å²) in [5, 5.41) is 17.7. The maximum absolute atomic E-state index is 9.40. The maximum Gasteiger partial charge on any atom is 0.145 e. The van der Waals surface area contributed by atoms with Gasteiger partial charge in [-0.15, -0.1) is 0 Å². The van der Waals surface area contributed by atoms with Crippen LogP contribution in [0, 0.1) is 11.3 Å². The first-order valence-electron chi connectivity index (χ1n) is 7.88. The van der Waals surface area contributed by atoms with Gasteiger partial charge in [-0.2, -0.15) is 10.4 Å². The number of pyridine rings is 1. The third-order valence-corrected chi connectivity index (χ3v) is 4.05. The fraction of sp³-hybridized carbons (Fsp3) is 0.167. The Morgan fingerprint density at radius 1 is 1.20 bits per heavy atom. The molecular formula is C18H17ClN6. The Balaban J connectivity index is 1.69. The Morgan fingerprint density at radius 2 is 2.00 bits per heavy atom. The zero-order chi connectivity index (χ0) is 17.6. The summed E-state index contributed by atoms with van der Waals surface area (Å²) in [7, 11) is 0. The number of benzene rings is 1. The lowest BCUT2D eigenvalue weighted by Gasteiger charge is -2.06. The van der Waals surface area contributed by atoms with Crippen LogP contribution in [0.3, 0.4) is 0 Å². The summed E-state index contributed by atoms with van der Waals surface area (Å²) in [6.07, 6.45) is 3.08. The molecule has 0 saturated carbocycles. The third kappa shape index (κ3) is 3.73. The molecular weight excluding hydrogens is 336 g/mol. The van der Waals surface area contributed by atoms with E-state index in [-0.39, 0.29) is 0 Å². The molecule has 2 heterocycles. The Morgan fingerprint density at radius 3 is 2.72 bits per heavy atom. The van der Waals surface area contributed by atoms with Gasteiger partial charge in [0.05, 0.1) is 16.4 Å². The summed E-state index contributed by atoms with van der Waals surface area (Å²) in [6, 6.07) is 15.3. The van der Waals surface area contributed by atoms with Crippen LogP contribution in [0.5, 0.6) is 0 Å². The van der Waals surface area contributed by atoms with E-state index in [4.69, 9.17) is 17.3 Å². The number of aromatic nitrogens is 3. The van der Waals surface area contributed by atoms with Gasteiger partial charge in [-0.25, -0.2) is 9.67 Å². The molecule has 0 amide bonds. The van der Waals surface area contributed by atoms with Crippen molar-refractivity contribution >= 4 is 23.2 Å². The van der Waals surface area contributed by atoms with Crippen molar-refractivity contribution in [1.82, 2.24) is 14.8 Å². The van der Waals surface area contributed by atoms with Gasteiger partial charge in [-0.05, 0) is 37.1 Å². The van der Waals surface area contributed by atoms with Crippen LogP contribution in [0.25, 0.3) is 5.69 Å². The summed E-state index contributed by atoms with van der Waals surface area (Å²) in [5.41, 5.74) is 8.05. The van der Waals surface area contributed by atoms with E-state index in [0.717, 1.165) is 12.1 Å². The minimum absolute atomic E-state index is 0.365. The molecule has 0 aliphatic rings. The number of nitrogen functional groups attached to an aromatic ring is 1. The Kier molecular flexibility index (Phi) is 5.17. The molecule has 0 unspecified atom stereocenters. The van der Waals surface area contributed by atoms with E-state index >= 15 is 0 Å². The van der Waals surface area contributed by atoms with Crippen LogP contribution in [0.15, 0.2) is 48.7 Å². The van der Waals surface area contributed by atoms with E-state index in [1.165, 1.54) is 0 Å². The zero-order valence-corrected chi connectivity index (χ0v) is 14.2. The molecule has 3 N–H and O–H groups in total. The monoisotopic (exact) mass is 352 g/mol. The molecule has 1 aromatic carbocycles. The number of nitrogens with zero attached hydrogens (tertiary/aromatic N) is 4. The minimum Gasteiger partial charge on any atom is -0.382 e. The molecule has 3 aromatic rings. The number of nitrogens with two attached hydrogens (primary N) is 1. The van der Waals surface area contributed by atoms with Gasteiger partial charge in [0.15, 0.2) is 0 Å². The van der Waals surface area contributed by atoms with Gasteiger partial charge in [0.25, 0.3) is 0 Å². The second kappa shape index (κ2) is 7.69. The molecule has 0 bridgehead atoms. The topological polar surface area (TPSA) is 92.5 Å². The van der Waals surface area contributed by atoms with Crippen molar-refractivity contribution in [3.05, 3.63) is 64.9 Å². The molecule has 0 atom stereocenters. The second-order valence-corrected chi connectivity index (χ2v) is 5.84. The van der Waals surface area contributed by atoms with Crippen molar-refractivity contribution in [1.29, 1.82) is 5.26 Å². The van der Waals surface area contributed by atoms with Crippen molar-refractivity contribution in [3.63, 3.8) is 0 Å². The highest BCUT2D eigenvalue weighted by Gasteiger charge is 2.16. The molecule has 0 aliphatic heterocycles. The van der Waals surface area contributed by atoms with Crippen LogP contribution in [0.2, 0.25) is 5.02 Å². The van der Waals surface area contributed by atoms with Crippen LogP contribution in [-0.2, 0) is 6.42 Å². The average molecular weight is 353 g/mol. The van der Waals surface area contributed by atoms with Gasteiger partial charge in [-0.3, -0.25) is 0 Å². The van der Waals surface area contributed by atoms with Crippen LogP contribution >= 0.6 is 11.6 Å². The standard InChI is InChI=1S/C18H17ClN6/c19-15-8-4-10-22-18(15)23-11-5-9-16-14(12-20)17(21)25(24-16)13-6-2-1-3-7-13/h1-4,6-8,10H,5,9,11,21H2,(H,22,23). The molecule has 126 valence electrons. The molecule has 25 heavy (non-hydrogen) atoms. The predicted octanol–water partition coefficient (Wildman–Crippen LogP) is 3.42. The summed E-state index contributed by atoms with van der Waals surface area (Å²) in [6.45, 7) is 0.666.